The molecule has 0 heterocycles. The minimum atomic E-state index is -0.806. The highest BCUT2D eigenvalue weighted by atomic mass is 16.6. The zero-order valence-corrected chi connectivity index (χ0v) is 46.2. The number of hydrogen-bond donors (Lipinski definition) is 0. The van der Waals surface area contributed by atoms with Gasteiger partial charge in [-0.15, -0.1) is 0 Å². The molecule has 0 radical (unpaired) electrons. The summed E-state index contributed by atoms with van der Waals surface area (Å²) in [6.45, 7) is 6.44. The van der Waals surface area contributed by atoms with Gasteiger partial charge in [-0.3, -0.25) is 14.4 Å². The van der Waals surface area contributed by atoms with Gasteiger partial charge in [0.2, 0.25) is 0 Å². The lowest BCUT2D eigenvalue weighted by atomic mass is 10.1. The molecule has 0 aromatic carbocycles. The van der Waals surface area contributed by atoms with Gasteiger partial charge >= 0.3 is 17.9 Å². The van der Waals surface area contributed by atoms with Gasteiger partial charge in [-0.2, -0.15) is 0 Å². The van der Waals surface area contributed by atoms with Crippen molar-refractivity contribution in [2.75, 3.05) is 13.2 Å². The minimum Gasteiger partial charge on any atom is -0.462 e. The third-order valence-corrected chi connectivity index (χ3v) is 12.2. The van der Waals surface area contributed by atoms with E-state index in [9.17, 15) is 14.4 Å². The summed E-state index contributed by atoms with van der Waals surface area (Å²) >= 11 is 0. The Kier molecular flexibility index (Phi) is 55.4. The Hall–Kier alpha value is -3.93. The van der Waals surface area contributed by atoms with E-state index >= 15 is 0 Å². The summed E-state index contributed by atoms with van der Waals surface area (Å²) in [6.07, 6.45) is 79.3. The van der Waals surface area contributed by atoms with Gasteiger partial charge in [0.05, 0.1) is 0 Å². The summed E-state index contributed by atoms with van der Waals surface area (Å²) in [5.41, 5.74) is 0. The van der Waals surface area contributed by atoms with Crippen LogP contribution in [0.25, 0.3) is 0 Å². The van der Waals surface area contributed by atoms with E-state index in [0.29, 0.717) is 12.8 Å². The van der Waals surface area contributed by atoms with Crippen molar-refractivity contribution < 1.29 is 28.6 Å². The van der Waals surface area contributed by atoms with Gasteiger partial charge in [0.1, 0.15) is 13.2 Å². The lowest BCUT2D eigenvalue weighted by molar-refractivity contribution is -0.167. The van der Waals surface area contributed by atoms with E-state index in [1.165, 1.54) is 96.3 Å². The fourth-order valence-corrected chi connectivity index (χ4v) is 7.82. The van der Waals surface area contributed by atoms with Crippen molar-refractivity contribution in [2.24, 2.45) is 0 Å². The average molecular weight is 986 g/mol. The van der Waals surface area contributed by atoms with E-state index in [2.05, 4.69) is 130 Å². The third-order valence-electron chi connectivity index (χ3n) is 12.2. The van der Waals surface area contributed by atoms with Crippen LogP contribution in [0.3, 0.4) is 0 Å². The summed E-state index contributed by atoms with van der Waals surface area (Å²) in [7, 11) is 0. The molecule has 0 saturated carbocycles. The van der Waals surface area contributed by atoms with Gasteiger partial charge in [0, 0.05) is 19.3 Å². The quantitative estimate of drug-likeness (QED) is 0.0261. The average Bonchev–Trinajstić information content (AvgIpc) is 3.37. The van der Waals surface area contributed by atoms with Gasteiger partial charge in [-0.1, -0.05) is 226 Å². The van der Waals surface area contributed by atoms with Crippen molar-refractivity contribution in [3.05, 3.63) is 109 Å². The fourth-order valence-electron chi connectivity index (χ4n) is 7.82. The Bertz CT molecular complexity index is 1460. The van der Waals surface area contributed by atoms with Crippen LogP contribution >= 0.6 is 0 Å². The summed E-state index contributed by atoms with van der Waals surface area (Å²) in [5, 5.41) is 0. The number of allylic oxidation sites excluding steroid dienone is 18. The van der Waals surface area contributed by atoms with E-state index in [1.807, 2.05) is 0 Å². The molecule has 0 aliphatic heterocycles. The van der Waals surface area contributed by atoms with Crippen LogP contribution in [-0.4, -0.2) is 37.2 Å². The maximum Gasteiger partial charge on any atom is 0.306 e. The number of rotatable bonds is 52. The van der Waals surface area contributed by atoms with Crippen LogP contribution < -0.4 is 0 Å². The molecule has 0 saturated heterocycles. The number of hydrogen-bond acceptors (Lipinski definition) is 6. The Morgan fingerprint density at radius 1 is 0.296 bits per heavy atom. The van der Waals surface area contributed by atoms with Crippen molar-refractivity contribution in [2.45, 2.75) is 271 Å². The molecule has 0 N–H and O–H groups in total. The van der Waals surface area contributed by atoms with Gasteiger partial charge in [0.15, 0.2) is 6.10 Å². The Morgan fingerprint density at radius 2 is 0.549 bits per heavy atom. The van der Waals surface area contributed by atoms with Crippen LogP contribution in [0.2, 0.25) is 0 Å². The van der Waals surface area contributed by atoms with E-state index < -0.39 is 6.10 Å². The fraction of sp³-hybridized carbons (Fsp3) is 0.677. The van der Waals surface area contributed by atoms with Gasteiger partial charge in [0.25, 0.3) is 0 Å². The zero-order valence-electron chi connectivity index (χ0n) is 46.2. The van der Waals surface area contributed by atoms with Crippen LogP contribution in [0.15, 0.2) is 109 Å². The number of unbranched alkanes of at least 4 members (excludes halogenated alkanes) is 23. The van der Waals surface area contributed by atoms with Crippen LogP contribution in [0, 0.1) is 0 Å². The molecule has 0 fully saturated rings. The molecule has 0 unspecified atom stereocenters. The van der Waals surface area contributed by atoms with Crippen molar-refractivity contribution in [3.63, 3.8) is 0 Å². The summed E-state index contributed by atoms with van der Waals surface area (Å²) in [6, 6.07) is 0. The van der Waals surface area contributed by atoms with Crippen molar-refractivity contribution in [1.82, 2.24) is 0 Å². The minimum absolute atomic E-state index is 0.0996. The molecule has 0 aliphatic rings. The second-order valence-corrected chi connectivity index (χ2v) is 19.2. The standard InChI is InChI=1S/C65H108O6/c1-4-7-10-13-16-19-22-25-28-30-32-34-37-40-43-46-49-52-55-58-64(67)70-61-62(60-69-63(66)57-54-51-48-45-42-39-36-27-24-21-18-15-12-9-6-3)71-65(68)59-56-53-50-47-44-41-38-35-33-31-29-26-23-20-17-14-11-8-5-2/h8,11,16-21,25-29,33,35-36,41,44,62H,4-7,9-10,12-15,22-24,30-32,34,37-40,42-43,45-61H2,1-3H3/b11-8-,19-16-,20-17-,21-18-,28-25-,29-26-,35-33-,36-27-,44-41-/t62-/m0/s1. The first-order chi connectivity index (χ1) is 35.0. The predicted molar refractivity (Wildman–Crippen MR) is 307 cm³/mol. The third kappa shape index (κ3) is 56.9. The monoisotopic (exact) mass is 985 g/mol. The molecule has 71 heavy (non-hydrogen) atoms. The zero-order chi connectivity index (χ0) is 51.4. The van der Waals surface area contributed by atoms with Gasteiger partial charge < -0.3 is 14.2 Å². The molecular formula is C65H108O6. The highest BCUT2D eigenvalue weighted by molar-refractivity contribution is 5.71. The van der Waals surface area contributed by atoms with Crippen LogP contribution in [0.4, 0.5) is 0 Å². The van der Waals surface area contributed by atoms with Crippen LogP contribution in [0.5, 0.6) is 0 Å². The highest BCUT2D eigenvalue weighted by Gasteiger charge is 2.19. The molecule has 0 spiro atoms. The summed E-state index contributed by atoms with van der Waals surface area (Å²) < 4.78 is 16.8. The van der Waals surface area contributed by atoms with E-state index in [-0.39, 0.29) is 37.5 Å². The second-order valence-electron chi connectivity index (χ2n) is 19.2. The highest BCUT2D eigenvalue weighted by Crippen LogP contribution is 2.14. The van der Waals surface area contributed by atoms with E-state index in [0.717, 1.165) is 128 Å². The molecule has 0 amide bonds. The first-order valence-electron chi connectivity index (χ1n) is 29.4. The SMILES string of the molecule is CC/C=C\C/C=C\C/C=C\C/C=C\C/C=C\CCCCCC(=O)O[C@@H](COC(=O)CCCCCCC/C=C\C/C=C\CCCCC)COC(=O)CCCCCCCCCCC/C=C\C/C=C\CCCCC. The van der Waals surface area contributed by atoms with E-state index in [1.54, 1.807) is 0 Å². The van der Waals surface area contributed by atoms with E-state index in [4.69, 9.17) is 14.2 Å². The molecule has 404 valence electrons. The smallest absolute Gasteiger partial charge is 0.306 e. The van der Waals surface area contributed by atoms with Crippen molar-refractivity contribution >= 4 is 17.9 Å². The first kappa shape index (κ1) is 67.1. The van der Waals surface area contributed by atoms with Crippen LogP contribution in [0.1, 0.15) is 265 Å². The molecule has 6 nitrogen and oxygen atoms in total. The van der Waals surface area contributed by atoms with Crippen molar-refractivity contribution in [1.29, 1.82) is 0 Å². The molecule has 0 rings (SSSR count). The lowest BCUT2D eigenvalue weighted by Crippen LogP contribution is -2.30. The first-order valence-corrected chi connectivity index (χ1v) is 29.4. The lowest BCUT2D eigenvalue weighted by Gasteiger charge is -2.18. The number of ether oxygens (including phenoxy) is 3. The molecule has 0 bridgehead atoms. The maximum atomic E-state index is 12.9. The number of carbonyl (C=O) groups excluding carboxylic acids is 3. The van der Waals surface area contributed by atoms with Gasteiger partial charge in [-0.25, -0.2) is 0 Å². The Labute approximate surface area is 438 Å². The Balaban J connectivity index is 4.48. The van der Waals surface area contributed by atoms with Crippen molar-refractivity contribution in [3.8, 4) is 0 Å². The molecule has 1 atom stereocenters. The van der Waals surface area contributed by atoms with Gasteiger partial charge in [-0.05, 0) is 128 Å². The topological polar surface area (TPSA) is 78.9 Å². The molecule has 0 aromatic rings. The molecule has 6 heteroatoms. The summed E-state index contributed by atoms with van der Waals surface area (Å²) in [5.74, 6) is -0.948. The number of carbonyl (C=O) groups is 3. The normalized spacial score (nSPS) is 12.9. The summed E-state index contributed by atoms with van der Waals surface area (Å²) in [4.78, 5) is 38.2. The molecule has 0 aliphatic carbocycles. The van der Waals surface area contributed by atoms with Crippen LogP contribution in [-0.2, 0) is 28.6 Å². The largest absolute Gasteiger partial charge is 0.462 e. The Morgan fingerprint density at radius 3 is 0.873 bits per heavy atom. The predicted octanol–water partition coefficient (Wildman–Crippen LogP) is 19.9. The number of esters is 3. The second kappa shape index (κ2) is 58.6. The molecule has 0 aromatic heterocycles. The molecular weight excluding hydrogens is 877 g/mol. The maximum absolute atomic E-state index is 12.9.